The van der Waals surface area contributed by atoms with Gasteiger partial charge in [-0.3, -0.25) is 4.79 Å². The van der Waals surface area contributed by atoms with Crippen LogP contribution in [0.1, 0.15) is 13.8 Å². The number of esters is 1. The van der Waals surface area contributed by atoms with Gasteiger partial charge in [-0.05, 0) is 13.8 Å². The van der Waals surface area contributed by atoms with E-state index in [1.54, 1.807) is 26.0 Å². The molecule has 0 rings (SSSR count). The highest BCUT2D eigenvalue weighted by Gasteiger charge is 2.10. The third-order valence-corrected chi connectivity index (χ3v) is 1.20. The predicted molar refractivity (Wildman–Crippen MR) is 41.1 cm³/mol. The molecule has 0 heterocycles. The van der Waals surface area contributed by atoms with Gasteiger partial charge in [-0.2, -0.15) is 0 Å². The maximum Gasteiger partial charge on any atom is 0.327 e. The number of carbonyl (C=O) groups is 1. The van der Waals surface area contributed by atoms with Crippen molar-refractivity contribution in [3.05, 3.63) is 12.2 Å². The summed E-state index contributed by atoms with van der Waals surface area (Å²) in [6.45, 7) is 3.92. The minimum absolute atomic E-state index is 0.375. The van der Waals surface area contributed by atoms with Crippen LogP contribution in [0.4, 0.5) is 0 Å². The molecule has 0 aromatic carbocycles. The molecule has 0 saturated heterocycles. The fourth-order valence-corrected chi connectivity index (χ4v) is 0.678. The molecule has 0 N–H and O–H groups in total. The highest BCUT2D eigenvalue weighted by molar-refractivity contribution is 6.31. The van der Waals surface area contributed by atoms with E-state index >= 15 is 0 Å². The molecule has 0 amide bonds. The van der Waals surface area contributed by atoms with E-state index in [-0.39, 0.29) is 5.97 Å². The Morgan fingerprint density at radius 3 is 2.80 bits per heavy atom. The third-order valence-electron chi connectivity index (χ3n) is 0.873. The quantitative estimate of drug-likeness (QED) is 0.359. The van der Waals surface area contributed by atoms with Crippen LogP contribution in [0, 0.1) is 0 Å². The molecule has 0 saturated carbocycles. The number of hydrogen-bond donors (Lipinski definition) is 0. The van der Waals surface area contributed by atoms with E-state index in [9.17, 15) is 4.79 Å². The van der Waals surface area contributed by atoms with Gasteiger partial charge >= 0.3 is 5.97 Å². The van der Waals surface area contributed by atoms with Crippen LogP contribution in [0.15, 0.2) is 12.2 Å². The summed E-state index contributed by atoms with van der Waals surface area (Å²) in [5.41, 5.74) is 0. The van der Waals surface area contributed by atoms with E-state index in [1.807, 2.05) is 0 Å². The predicted octanol–water partition coefficient (Wildman–Crippen LogP) is 1.73. The van der Waals surface area contributed by atoms with Gasteiger partial charge in [0.1, 0.15) is 5.38 Å². The molecule has 0 aromatic rings. The van der Waals surface area contributed by atoms with Gasteiger partial charge in [-0.15, -0.1) is 11.6 Å². The number of halogens is 1. The summed E-state index contributed by atoms with van der Waals surface area (Å²) in [5, 5.41) is -0.634. The number of alkyl halides is 1. The van der Waals surface area contributed by atoms with E-state index in [0.29, 0.717) is 6.61 Å². The van der Waals surface area contributed by atoms with Crippen LogP contribution in [0.25, 0.3) is 0 Å². The van der Waals surface area contributed by atoms with Crippen LogP contribution in [-0.4, -0.2) is 18.0 Å². The van der Waals surface area contributed by atoms with Crippen molar-refractivity contribution in [1.82, 2.24) is 0 Å². The van der Waals surface area contributed by atoms with Gasteiger partial charge in [-0.25, -0.2) is 0 Å². The Bertz CT molecular complexity index is 132. The first-order chi connectivity index (χ1) is 4.72. The topological polar surface area (TPSA) is 26.3 Å². The van der Waals surface area contributed by atoms with Crippen molar-refractivity contribution in [2.45, 2.75) is 19.2 Å². The monoisotopic (exact) mass is 162 g/mol. The summed E-state index contributed by atoms with van der Waals surface area (Å²) in [5.74, 6) is -0.387. The van der Waals surface area contributed by atoms with Gasteiger partial charge in [0.2, 0.25) is 0 Å². The number of allylic oxidation sites excluding steroid dienone is 1. The summed E-state index contributed by atoms with van der Waals surface area (Å²) in [6, 6.07) is 0. The second kappa shape index (κ2) is 5.30. The summed E-state index contributed by atoms with van der Waals surface area (Å²) in [6.07, 6.45) is 3.30. The molecule has 2 nitrogen and oxygen atoms in total. The summed E-state index contributed by atoms with van der Waals surface area (Å²) < 4.78 is 4.63. The highest BCUT2D eigenvalue weighted by atomic mass is 35.5. The molecule has 3 heteroatoms. The molecular formula is C7H11ClO2. The van der Waals surface area contributed by atoms with Crippen LogP contribution in [-0.2, 0) is 9.53 Å². The normalized spacial score (nSPS) is 13.5. The van der Waals surface area contributed by atoms with Crippen molar-refractivity contribution in [3.63, 3.8) is 0 Å². The lowest BCUT2D eigenvalue weighted by atomic mass is 10.4. The Hall–Kier alpha value is -0.500. The van der Waals surface area contributed by atoms with E-state index in [1.165, 1.54) is 0 Å². The Labute approximate surface area is 65.8 Å². The van der Waals surface area contributed by atoms with Crippen molar-refractivity contribution in [2.75, 3.05) is 6.61 Å². The number of carbonyl (C=O) groups excluding carboxylic acids is 1. The second-order valence-corrected chi connectivity index (χ2v) is 2.15. The molecule has 0 radical (unpaired) electrons. The van der Waals surface area contributed by atoms with Crippen molar-refractivity contribution in [2.24, 2.45) is 0 Å². The summed E-state index contributed by atoms with van der Waals surface area (Å²) >= 11 is 5.55. The van der Waals surface area contributed by atoms with Gasteiger partial charge in [-0.1, -0.05) is 12.2 Å². The number of hydrogen-bond acceptors (Lipinski definition) is 2. The minimum atomic E-state index is -0.634. The lowest BCUT2D eigenvalue weighted by Crippen LogP contribution is -2.15. The lowest BCUT2D eigenvalue weighted by molar-refractivity contribution is -0.141. The molecule has 10 heavy (non-hydrogen) atoms. The van der Waals surface area contributed by atoms with Gasteiger partial charge in [0, 0.05) is 0 Å². The molecule has 1 unspecified atom stereocenters. The Balaban J connectivity index is 3.70. The first-order valence-electron chi connectivity index (χ1n) is 3.15. The molecule has 0 spiro atoms. The maximum absolute atomic E-state index is 10.7. The van der Waals surface area contributed by atoms with Crippen molar-refractivity contribution < 1.29 is 9.53 Å². The Morgan fingerprint density at radius 2 is 2.40 bits per heavy atom. The molecular weight excluding hydrogens is 152 g/mol. The van der Waals surface area contributed by atoms with E-state index in [4.69, 9.17) is 11.6 Å². The Kier molecular flexibility index (Phi) is 5.03. The van der Waals surface area contributed by atoms with Crippen molar-refractivity contribution >= 4 is 17.6 Å². The highest BCUT2D eigenvalue weighted by Crippen LogP contribution is 2.00. The zero-order valence-electron chi connectivity index (χ0n) is 6.13. The molecule has 0 aliphatic carbocycles. The molecule has 58 valence electrons. The summed E-state index contributed by atoms with van der Waals surface area (Å²) in [7, 11) is 0. The van der Waals surface area contributed by atoms with Crippen molar-refractivity contribution in [3.8, 4) is 0 Å². The smallest absolute Gasteiger partial charge is 0.327 e. The fourth-order valence-electron chi connectivity index (χ4n) is 0.469. The van der Waals surface area contributed by atoms with Crippen LogP contribution < -0.4 is 0 Å². The maximum atomic E-state index is 10.7. The van der Waals surface area contributed by atoms with Crippen LogP contribution in [0.5, 0.6) is 0 Å². The van der Waals surface area contributed by atoms with Crippen LogP contribution in [0.3, 0.4) is 0 Å². The lowest BCUT2D eigenvalue weighted by Gasteiger charge is -2.02. The van der Waals surface area contributed by atoms with Gasteiger partial charge in [0.05, 0.1) is 6.61 Å². The standard InChI is InChI=1S/C7H11ClO2/c1-3-5-6(8)7(9)10-4-2/h3,5-6H,4H2,1-2H3. The fraction of sp³-hybridized carbons (Fsp3) is 0.571. The van der Waals surface area contributed by atoms with Crippen LogP contribution in [0.2, 0.25) is 0 Å². The van der Waals surface area contributed by atoms with Crippen LogP contribution >= 0.6 is 11.6 Å². The summed E-state index contributed by atoms with van der Waals surface area (Å²) in [4.78, 5) is 10.7. The van der Waals surface area contributed by atoms with Gasteiger partial charge in [0.15, 0.2) is 0 Å². The largest absolute Gasteiger partial charge is 0.465 e. The molecule has 1 atom stereocenters. The first kappa shape index (κ1) is 9.50. The molecule has 0 fully saturated rings. The SMILES string of the molecule is CC=CC(Cl)C(=O)OCC. The molecule has 0 bridgehead atoms. The molecule has 0 aliphatic heterocycles. The van der Waals surface area contributed by atoms with Crippen molar-refractivity contribution in [1.29, 1.82) is 0 Å². The molecule has 0 aromatic heterocycles. The molecule has 0 aliphatic rings. The van der Waals surface area contributed by atoms with E-state index < -0.39 is 5.38 Å². The minimum Gasteiger partial charge on any atom is -0.465 e. The average molecular weight is 163 g/mol. The Morgan fingerprint density at radius 1 is 1.80 bits per heavy atom. The number of ether oxygens (including phenoxy) is 1. The van der Waals surface area contributed by atoms with Gasteiger partial charge in [0.25, 0.3) is 0 Å². The van der Waals surface area contributed by atoms with E-state index in [2.05, 4.69) is 4.74 Å². The third kappa shape index (κ3) is 3.51. The second-order valence-electron chi connectivity index (χ2n) is 1.68. The first-order valence-corrected chi connectivity index (χ1v) is 3.59. The van der Waals surface area contributed by atoms with Gasteiger partial charge < -0.3 is 4.74 Å². The number of rotatable bonds is 3. The zero-order chi connectivity index (χ0) is 7.98. The average Bonchev–Trinajstić information content (AvgIpc) is 1.89. The zero-order valence-corrected chi connectivity index (χ0v) is 6.89. The van der Waals surface area contributed by atoms with E-state index in [0.717, 1.165) is 0 Å².